The number of hydrogen-bond acceptors (Lipinski definition) is 2. The van der Waals surface area contributed by atoms with Crippen LogP contribution < -0.4 is 4.74 Å². The van der Waals surface area contributed by atoms with Crippen molar-refractivity contribution in [1.82, 2.24) is 4.98 Å². The maximum atomic E-state index is 11.5. The van der Waals surface area contributed by atoms with Gasteiger partial charge < -0.3 is 4.74 Å². The molecular weight excluding hydrogens is 133 g/mol. The van der Waals surface area contributed by atoms with Gasteiger partial charge in [0.05, 0.1) is 0 Å². The number of hydrogen-bond donors (Lipinski definition) is 0. The number of nitrogens with zero attached hydrogens (tertiary/aromatic N) is 1. The Morgan fingerprint density at radius 3 is 3.20 bits per heavy atom. The molecule has 1 aromatic heterocycles. The SMILES string of the molecule is FCCOc1cc[c]cn1. The van der Waals surface area contributed by atoms with E-state index in [4.69, 9.17) is 4.74 Å². The van der Waals surface area contributed by atoms with Gasteiger partial charge in [0.1, 0.15) is 13.3 Å². The van der Waals surface area contributed by atoms with E-state index in [-0.39, 0.29) is 6.61 Å². The molecule has 0 spiro atoms. The zero-order chi connectivity index (χ0) is 7.23. The van der Waals surface area contributed by atoms with Crippen LogP contribution in [0.1, 0.15) is 0 Å². The molecule has 0 bridgehead atoms. The minimum absolute atomic E-state index is 0.0665. The maximum absolute atomic E-state index is 11.5. The van der Waals surface area contributed by atoms with Crippen LogP contribution in [-0.2, 0) is 0 Å². The first kappa shape index (κ1) is 6.99. The van der Waals surface area contributed by atoms with Crippen molar-refractivity contribution in [2.75, 3.05) is 13.3 Å². The highest BCUT2D eigenvalue weighted by Gasteiger charge is 1.89. The molecule has 1 aromatic rings. The Morgan fingerprint density at radius 1 is 1.70 bits per heavy atom. The van der Waals surface area contributed by atoms with Crippen LogP contribution in [0.3, 0.4) is 0 Å². The van der Waals surface area contributed by atoms with Crippen molar-refractivity contribution < 1.29 is 9.13 Å². The highest BCUT2D eigenvalue weighted by Crippen LogP contribution is 2.01. The van der Waals surface area contributed by atoms with Crippen LogP contribution in [0.15, 0.2) is 18.3 Å². The monoisotopic (exact) mass is 140 g/mol. The van der Waals surface area contributed by atoms with Crippen LogP contribution >= 0.6 is 0 Å². The fourth-order valence-corrected chi connectivity index (χ4v) is 0.535. The van der Waals surface area contributed by atoms with Gasteiger partial charge in [0, 0.05) is 18.3 Å². The van der Waals surface area contributed by atoms with Gasteiger partial charge in [-0.15, -0.1) is 0 Å². The largest absolute Gasteiger partial charge is 0.475 e. The summed E-state index contributed by atoms with van der Waals surface area (Å²) < 4.78 is 16.4. The first-order valence-corrected chi connectivity index (χ1v) is 2.94. The minimum atomic E-state index is -0.486. The lowest BCUT2D eigenvalue weighted by molar-refractivity contribution is 0.264. The van der Waals surface area contributed by atoms with Crippen molar-refractivity contribution in [2.45, 2.75) is 0 Å². The van der Waals surface area contributed by atoms with Crippen molar-refractivity contribution in [3.8, 4) is 5.88 Å². The molecule has 1 heterocycles. The van der Waals surface area contributed by atoms with Crippen molar-refractivity contribution >= 4 is 0 Å². The number of halogens is 1. The van der Waals surface area contributed by atoms with Crippen LogP contribution in [0.25, 0.3) is 0 Å². The number of alkyl halides is 1. The van der Waals surface area contributed by atoms with Gasteiger partial charge in [-0.2, -0.15) is 0 Å². The average Bonchev–Trinajstić information content (AvgIpc) is 2.03. The van der Waals surface area contributed by atoms with E-state index >= 15 is 0 Å². The van der Waals surface area contributed by atoms with Crippen LogP contribution in [0.5, 0.6) is 5.88 Å². The van der Waals surface area contributed by atoms with Gasteiger partial charge in [-0.1, -0.05) is 0 Å². The van der Waals surface area contributed by atoms with Gasteiger partial charge in [0.25, 0.3) is 0 Å². The number of aromatic nitrogens is 1. The highest BCUT2D eigenvalue weighted by atomic mass is 19.1. The van der Waals surface area contributed by atoms with E-state index in [1.165, 1.54) is 6.20 Å². The van der Waals surface area contributed by atoms with E-state index in [0.29, 0.717) is 5.88 Å². The van der Waals surface area contributed by atoms with Gasteiger partial charge in [0.15, 0.2) is 0 Å². The Morgan fingerprint density at radius 2 is 2.60 bits per heavy atom. The van der Waals surface area contributed by atoms with Gasteiger partial charge in [-0.25, -0.2) is 9.37 Å². The third kappa shape index (κ3) is 2.01. The molecule has 0 aliphatic rings. The van der Waals surface area contributed by atoms with Crippen LogP contribution in [0.4, 0.5) is 4.39 Å². The number of ether oxygens (including phenoxy) is 1. The number of rotatable bonds is 3. The van der Waals surface area contributed by atoms with E-state index in [0.717, 1.165) is 0 Å². The molecule has 2 nitrogen and oxygen atoms in total. The Labute approximate surface area is 58.7 Å². The normalized spacial score (nSPS) is 9.30. The first-order valence-electron chi connectivity index (χ1n) is 2.94. The Kier molecular flexibility index (Phi) is 2.67. The third-order valence-corrected chi connectivity index (χ3v) is 0.916. The molecule has 0 fully saturated rings. The first-order chi connectivity index (χ1) is 4.93. The summed E-state index contributed by atoms with van der Waals surface area (Å²) in [5.74, 6) is 0.441. The van der Waals surface area contributed by atoms with Crippen LogP contribution in [0, 0.1) is 6.07 Å². The quantitative estimate of drug-likeness (QED) is 0.630. The summed E-state index contributed by atoms with van der Waals surface area (Å²) in [4.78, 5) is 3.77. The lowest BCUT2D eigenvalue weighted by atomic mass is 10.5. The summed E-state index contributed by atoms with van der Waals surface area (Å²) in [5.41, 5.74) is 0. The fourth-order valence-electron chi connectivity index (χ4n) is 0.535. The van der Waals surface area contributed by atoms with Gasteiger partial charge in [0.2, 0.25) is 5.88 Å². The Balaban J connectivity index is 2.43. The molecule has 0 N–H and O–H groups in total. The summed E-state index contributed by atoms with van der Waals surface area (Å²) in [6.07, 6.45) is 1.48. The molecule has 1 rings (SSSR count). The van der Waals surface area contributed by atoms with E-state index < -0.39 is 6.67 Å². The lowest BCUT2D eigenvalue weighted by Crippen LogP contribution is -1.99. The zero-order valence-corrected chi connectivity index (χ0v) is 5.38. The standard InChI is InChI=1S/C7H7FNO/c8-4-6-10-7-3-1-2-5-9-7/h1,3,5H,4,6H2. The number of pyridine rings is 1. The smallest absolute Gasteiger partial charge is 0.213 e. The average molecular weight is 140 g/mol. The van der Waals surface area contributed by atoms with E-state index in [9.17, 15) is 4.39 Å². The minimum Gasteiger partial charge on any atom is -0.475 e. The summed E-state index contributed by atoms with van der Waals surface area (Å²) in [5, 5.41) is 0. The molecule has 0 unspecified atom stereocenters. The van der Waals surface area contributed by atoms with E-state index in [1.54, 1.807) is 12.1 Å². The molecule has 0 aliphatic heterocycles. The molecule has 1 radical (unpaired) electrons. The topological polar surface area (TPSA) is 22.1 Å². The summed E-state index contributed by atoms with van der Waals surface area (Å²) >= 11 is 0. The summed E-state index contributed by atoms with van der Waals surface area (Å²) in [6, 6.07) is 6.03. The third-order valence-electron chi connectivity index (χ3n) is 0.916. The summed E-state index contributed by atoms with van der Waals surface area (Å²) in [6.45, 7) is -0.419. The van der Waals surface area contributed by atoms with Crippen LogP contribution in [0.2, 0.25) is 0 Å². The van der Waals surface area contributed by atoms with Crippen LogP contribution in [-0.4, -0.2) is 18.3 Å². The lowest BCUT2D eigenvalue weighted by Gasteiger charge is -1.98. The molecule has 3 heteroatoms. The molecular formula is C7H7FNO. The molecule has 0 atom stereocenters. The predicted molar refractivity (Wildman–Crippen MR) is 34.5 cm³/mol. The molecule has 0 saturated carbocycles. The fraction of sp³-hybridized carbons (Fsp3) is 0.286. The van der Waals surface area contributed by atoms with Crippen molar-refractivity contribution in [3.05, 3.63) is 24.4 Å². The molecule has 10 heavy (non-hydrogen) atoms. The molecule has 53 valence electrons. The molecule has 0 saturated heterocycles. The Hall–Kier alpha value is -1.12. The molecule has 0 aliphatic carbocycles. The van der Waals surface area contributed by atoms with Gasteiger partial charge in [-0.3, -0.25) is 0 Å². The second-order valence-corrected chi connectivity index (χ2v) is 1.63. The Bertz CT molecular complexity index is 178. The van der Waals surface area contributed by atoms with Crippen molar-refractivity contribution in [2.24, 2.45) is 0 Å². The predicted octanol–water partition coefficient (Wildman–Crippen LogP) is 1.23. The van der Waals surface area contributed by atoms with Crippen molar-refractivity contribution in [3.63, 3.8) is 0 Å². The highest BCUT2D eigenvalue weighted by molar-refractivity contribution is 5.07. The van der Waals surface area contributed by atoms with Gasteiger partial charge >= 0.3 is 0 Å². The van der Waals surface area contributed by atoms with Gasteiger partial charge in [-0.05, 0) is 6.07 Å². The van der Waals surface area contributed by atoms with Crippen molar-refractivity contribution in [1.29, 1.82) is 0 Å². The second kappa shape index (κ2) is 3.82. The second-order valence-electron chi connectivity index (χ2n) is 1.63. The van der Waals surface area contributed by atoms with E-state index in [2.05, 4.69) is 11.1 Å². The molecule has 0 amide bonds. The van der Waals surface area contributed by atoms with E-state index in [1.807, 2.05) is 0 Å². The maximum Gasteiger partial charge on any atom is 0.213 e. The molecule has 0 aromatic carbocycles. The zero-order valence-electron chi connectivity index (χ0n) is 5.38. The summed E-state index contributed by atoms with van der Waals surface area (Å²) in [7, 11) is 0.